The first-order valence-corrected chi connectivity index (χ1v) is 3.72. The van der Waals surface area contributed by atoms with Gasteiger partial charge in [0.05, 0.1) is 0 Å². The topological polar surface area (TPSA) is 37.3 Å². The highest BCUT2D eigenvalue weighted by molar-refractivity contribution is 5.86. The van der Waals surface area contributed by atoms with Crippen LogP contribution in [0.3, 0.4) is 0 Å². The number of aliphatic carboxylic acids is 1. The molecular formula is C10H14O2. The van der Waals surface area contributed by atoms with Crippen LogP contribution in [-0.2, 0) is 4.79 Å². The summed E-state index contributed by atoms with van der Waals surface area (Å²) in [6.45, 7) is 9.00. The molecule has 12 heavy (non-hydrogen) atoms. The third-order valence-corrected chi connectivity index (χ3v) is 1.51. The highest BCUT2D eigenvalue weighted by Gasteiger charge is 2.00. The van der Waals surface area contributed by atoms with Gasteiger partial charge in [-0.3, -0.25) is 0 Å². The first kappa shape index (κ1) is 10.7. The zero-order valence-electron chi connectivity index (χ0n) is 7.72. The molecule has 0 saturated carbocycles. The summed E-state index contributed by atoms with van der Waals surface area (Å²) < 4.78 is 0. The van der Waals surface area contributed by atoms with E-state index in [1.54, 1.807) is 13.0 Å². The van der Waals surface area contributed by atoms with Crippen molar-refractivity contribution in [3.05, 3.63) is 35.5 Å². The highest BCUT2D eigenvalue weighted by atomic mass is 16.4. The minimum atomic E-state index is -0.893. The molecule has 0 bridgehead atoms. The number of carboxylic acid groups (broad SMARTS) is 1. The van der Waals surface area contributed by atoms with E-state index in [0.29, 0.717) is 5.57 Å². The van der Waals surface area contributed by atoms with Gasteiger partial charge in [0.1, 0.15) is 0 Å². The number of hydrogen-bond donors (Lipinski definition) is 1. The number of hydrogen-bond acceptors (Lipinski definition) is 1. The average molecular weight is 166 g/mol. The SMILES string of the molecule is C=C(C)C(/C=C(\C)C(=O)O)=C/C. The van der Waals surface area contributed by atoms with Crippen molar-refractivity contribution < 1.29 is 9.90 Å². The average Bonchev–Trinajstić information content (AvgIpc) is 1.98. The van der Waals surface area contributed by atoms with E-state index in [-0.39, 0.29) is 0 Å². The van der Waals surface area contributed by atoms with Crippen molar-refractivity contribution in [1.29, 1.82) is 0 Å². The van der Waals surface area contributed by atoms with Gasteiger partial charge in [-0.15, -0.1) is 0 Å². The van der Waals surface area contributed by atoms with Crippen LogP contribution >= 0.6 is 0 Å². The lowest BCUT2D eigenvalue weighted by Gasteiger charge is -1.99. The van der Waals surface area contributed by atoms with E-state index in [9.17, 15) is 4.79 Å². The van der Waals surface area contributed by atoms with Crippen molar-refractivity contribution in [2.24, 2.45) is 0 Å². The highest BCUT2D eigenvalue weighted by Crippen LogP contribution is 2.10. The lowest BCUT2D eigenvalue weighted by Crippen LogP contribution is -1.96. The van der Waals surface area contributed by atoms with E-state index in [1.807, 2.05) is 19.9 Å². The Balaban J connectivity index is 4.72. The molecule has 0 aliphatic rings. The monoisotopic (exact) mass is 166 g/mol. The van der Waals surface area contributed by atoms with E-state index in [4.69, 9.17) is 5.11 Å². The molecule has 0 aromatic heterocycles. The third kappa shape index (κ3) is 3.19. The van der Waals surface area contributed by atoms with Crippen LogP contribution in [0.4, 0.5) is 0 Å². The van der Waals surface area contributed by atoms with Gasteiger partial charge in [0.25, 0.3) is 0 Å². The molecular weight excluding hydrogens is 152 g/mol. The second-order valence-corrected chi connectivity index (χ2v) is 2.66. The van der Waals surface area contributed by atoms with Gasteiger partial charge in [-0.2, -0.15) is 0 Å². The summed E-state index contributed by atoms with van der Waals surface area (Å²) in [6.07, 6.45) is 3.46. The van der Waals surface area contributed by atoms with Crippen LogP contribution in [0.1, 0.15) is 20.8 Å². The minimum Gasteiger partial charge on any atom is -0.478 e. The predicted octanol–water partition coefficient (Wildman–Crippen LogP) is 2.54. The summed E-state index contributed by atoms with van der Waals surface area (Å²) in [5, 5.41) is 8.58. The van der Waals surface area contributed by atoms with Gasteiger partial charge in [-0.1, -0.05) is 18.2 Å². The van der Waals surface area contributed by atoms with Crippen molar-refractivity contribution in [1.82, 2.24) is 0 Å². The Hall–Kier alpha value is -1.31. The Labute approximate surface area is 72.9 Å². The molecule has 0 rings (SSSR count). The van der Waals surface area contributed by atoms with Crippen molar-refractivity contribution in [3.63, 3.8) is 0 Å². The molecule has 0 unspecified atom stereocenters. The van der Waals surface area contributed by atoms with Crippen molar-refractivity contribution in [2.45, 2.75) is 20.8 Å². The zero-order chi connectivity index (χ0) is 9.72. The van der Waals surface area contributed by atoms with Gasteiger partial charge in [0.15, 0.2) is 0 Å². The lowest BCUT2D eigenvalue weighted by atomic mass is 10.1. The Morgan fingerprint density at radius 3 is 2.17 bits per heavy atom. The minimum absolute atomic E-state index is 0.325. The van der Waals surface area contributed by atoms with E-state index in [2.05, 4.69) is 6.58 Å². The molecule has 0 saturated heterocycles. The van der Waals surface area contributed by atoms with Crippen LogP contribution in [0, 0.1) is 0 Å². The number of rotatable bonds is 3. The van der Waals surface area contributed by atoms with Crippen molar-refractivity contribution >= 4 is 5.97 Å². The third-order valence-electron chi connectivity index (χ3n) is 1.51. The van der Waals surface area contributed by atoms with Gasteiger partial charge < -0.3 is 5.11 Å². The maximum atomic E-state index is 10.4. The van der Waals surface area contributed by atoms with Gasteiger partial charge in [0, 0.05) is 5.57 Å². The summed E-state index contributed by atoms with van der Waals surface area (Å²) in [5.41, 5.74) is 2.07. The molecule has 0 aromatic rings. The quantitative estimate of drug-likeness (QED) is 0.516. The summed E-state index contributed by atoms with van der Waals surface area (Å²) in [4.78, 5) is 10.4. The first-order valence-electron chi connectivity index (χ1n) is 3.72. The maximum Gasteiger partial charge on any atom is 0.331 e. The zero-order valence-corrected chi connectivity index (χ0v) is 7.72. The van der Waals surface area contributed by atoms with E-state index >= 15 is 0 Å². The van der Waals surface area contributed by atoms with E-state index < -0.39 is 5.97 Å². The fourth-order valence-electron chi connectivity index (χ4n) is 0.748. The Bertz CT molecular complexity index is 257. The molecule has 0 radical (unpaired) electrons. The molecule has 1 N–H and O–H groups in total. The first-order chi connectivity index (χ1) is 5.49. The smallest absolute Gasteiger partial charge is 0.331 e. The molecule has 0 atom stereocenters. The molecule has 0 amide bonds. The lowest BCUT2D eigenvalue weighted by molar-refractivity contribution is -0.132. The summed E-state index contributed by atoms with van der Waals surface area (Å²) in [6, 6.07) is 0. The summed E-state index contributed by atoms with van der Waals surface area (Å²) in [7, 11) is 0. The summed E-state index contributed by atoms with van der Waals surface area (Å²) in [5.74, 6) is -0.893. The molecule has 0 aromatic carbocycles. The largest absolute Gasteiger partial charge is 0.478 e. The van der Waals surface area contributed by atoms with Crippen LogP contribution in [0.15, 0.2) is 35.5 Å². The fraction of sp³-hybridized carbons (Fsp3) is 0.300. The molecule has 0 aliphatic carbocycles. The second kappa shape index (κ2) is 4.54. The molecule has 0 spiro atoms. The normalized spacial score (nSPS) is 12.9. The van der Waals surface area contributed by atoms with Crippen LogP contribution in [0.5, 0.6) is 0 Å². The fourth-order valence-corrected chi connectivity index (χ4v) is 0.748. The van der Waals surface area contributed by atoms with Crippen molar-refractivity contribution in [2.75, 3.05) is 0 Å². The molecule has 0 aliphatic heterocycles. The van der Waals surface area contributed by atoms with Crippen LogP contribution in [-0.4, -0.2) is 11.1 Å². The van der Waals surface area contributed by atoms with Crippen LogP contribution < -0.4 is 0 Å². The summed E-state index contributed by atoms with van der Waals surface area (Å²) >= 11 is 0. The van der Waals surface area contributed by atoms with E-state index in [1.165, 1.54) is 0 Å². The second-order valence-electron chi connectivity index (χ2n) is 2.66. The van der Waals surface area contributed by atoms with Gasteiger partial charge in [-0.05, 0) is 32.4 Å². The van der Waals surface area contributed by atoms with Gasteiger partial charge in [-0.25, -0.2) is 4.79 Å². The van der Waals surface area contributed by atoms with Crippen LogP contribution in [0.25, 0.3) is 0 Å². The Kier molecular flexibility index (Phi) is 4.05. The van der Waals surface area contributed by atoms with Gasteiger partial charge >= 0.3 is 5.97 Å². The van der Waals surface area contributed by atoms with Crippen molar-refractivity contribution in [3.8, 4) is 0 Å². The molecule has 0 fully saturated rings. The number of carboxylic acids is 1. The number of carbonyl (C=O) groups is 1. The number of allylic oxidation sites excluding steroid dienone is 4. The predicted molar refractivity (Wildman–Crippen MR) is 50.0 cm³/mol. The molecule has 2 heteroatoms. The molecule has 2 nitrogen and oxygen atoms in total. The maximum absolute atomic E-state index is 10.4. The standard InChI is InChI=1S/C10H14O2/c1-5-9(7(2)3)6-8(4)10(11)12/h5-6H,2H2,1,3-4H3,(H,11,12)/b8-6+,9-5+. The van der Waals surface area contributed by atoms with Gasteiger partial charge in [0.2, 0.25) is 0 Å². The van der Waals surface area contributed by atoms with Crippen LogP contribution in [0.2, 0.25) is 0 Å². The molecule has 0 heterocycles. The molecule has 66 valence electrons. The van der Waals surface area contributed by atoms with E-state index in [0.717, 1.165) is 11.1 Å². The Morgan fingerprint density at radius 2 is 1.92 bits per heavy atom. The Morgan fingerprint density at radius 1 is 1.42 bits per heavy atom.